The van der Waals surface area contributed by atoms with Crippen LogP contribution in [0.25, 0.3) is 0 Å². The third kappa shape index (κ3) is 5.95. The zero-order valence-electron chi connectivity index (χ0n) is 15.6. The van der Waals surface area contributed by atoms with Crippen LogP contribution in [0.15, 0.2) is 4.58 Å². The van der Waals surface area contributed by atoms with Crippen molar-refractivity contribution in [3.05, 3.63) is 4.91 Å². The monoisotopic (exact) mass is 373 g/mol. The zero-order valence-corrected chi connectivity index (χ0v) is 16.4. The minimum atomic E-state index is -1.05. The Labute approximate surface area is 154 Å². The molecule has 0 radical (unpaired) electrons. The number of likely N-dealkylation sites (N-methyl/N-ethyl adjacent to an activating group) is 1. The van der Waals surface area contributed by atoms with Crippen LogP contribution >= 0.6 is 11.9 Å². The van der Waals surface area contributed by atoms with E-state index in [2.05, 4.69) is 16.4 Å². The first-order valence-corrected chi connectivity index (χ1v) is 9.90. The number of amides is 1. The van der Waals surface area contributed by atoms with Crippen molar-refractivity contribution in [2.75, 3.05) is 26.7 Å². The van der Waals surface area contributed by atoms with E-state index in [9.17, 15) is 19.6 Å². The first-order valence-electron chi connectivity index (χ1n) is 9.13. The molecule has 0 aromatic heterocycles. The van der Waals surface area contributed by atoms with Crippen LogP contribution in [0, 0.1) is 4.91 Å². The average molecular weight is 374 g/mol. The standard InChI is InChI=1S/C17H31N3O4S/c1-4-6-7-8-9-14(21)20(5-2)15(16(22)23)17(25-18-24)10-12-19(3)13-11-17/h15H,4-13H2,1-3H3,(H,22,23). The van der Waals surface area contributed by atoms with Gasteiger partial charge in [-0.05, 0) is 46.3 Å². The SMILES string of the molecule is CCCCCCC(=O)N(CC)C(C(=O)O)C1(SN=O)CCN(C)CC1. The van der Waals surface area contributed by atoms with Gasteiger partial charge in [-0.1, -0.05) is 26.2 Å². The van der Waals surface area contributed by atoms with E-state index in [-0.39, 0.29) is 5.91 Å². The molecule has 1 heterocycles. The van der Waals surface area contributed by atoms with Gasteiger partial charge >= 0.3 is 5.97 Å². The van der Waals surface area contributed by atoms with Crippen LogP contribution in [0.4, 0.5) is 0 Å². The number of unbranched alkanes of at least 4 members (excludes halogenated alkanes) is 3. The molecule has 1 N–H and O–H groups in total. The lowest BCUT2D eigenvalue weighted by Gasteiger charge is -2.45. The molecular weight excluding hydrogens is 342 g/mol. The number of nitrogens with zero attached hydrogens (tertiary/aromatic N) is 3. The summed E-state index contributed by atoms with van der Waals surface area (Å²) in [6.07, 6.45) is 5.30. The highest BCUT2D eigenvalue weighted by Gasteiger charge is 2.50. The number of rotatable bonds is 11. The van der Waals surface area contributed by atoms with Crippen molar-refractivity contribution in [1.82, 2.24) is 9.80 Å². The number of carbonyl (C=O) groups is 2. The first-order chi connectivity index (χ1) is 11.9. The maximum absolute atomic E-state index is 12.7. The van der Waals surface area contributed by atoms with E-state index < -0.39 is 16.8 Å². The summed E-state index contributed by atoms with van der Waals surface area (Å²) in [5, 5.41) is 9.88. The third-order valence-corrected chi connectivity index (χ3v) is 6.07. The fourth-order valence-electron chi connectivity index (χ4n) is 3.48. The van der Waals surface area contributed by atoms with E-state index in [1.807, 2.05) is 7.05 Å². The van der Waals surface area contributed by atoms with E-state index >= 15 is 0 Å². The molecule has 1 amide bonds. The first kappa shape index (κ1) is 21.9. The lowest BCUT2D eigenvalue weighted by molar-refractivity contribution is -0.152. The van der Waals surface area contributed by atoms with E-state index in [0.29, 0.717) is 38.9 Å². The molecule has 8 heteroatoms. The summed E-state index contributed by atoms with van der Waals surface area (Å²) in [6.45, 7) is 5.60. The Morgan fingerprint density at radius 1 is 1.24 bits per heavy atom. The molecule has 1 atom stereocenters. The molecule has 7 nitrogen and oxygen atoms in total. The molecule has 0 saturated carbocycles. The lowest BCUT2D eigenvalue weighted by atomic mass is 9.87. The average Bonchev–Trinajstić information content (AvgIpc) is 2.58. The van der Waals surface area contributed by atoms with Gasteiger partial charge in [-0.25, -0.2) is 4.79 Å². The van der Waals surface area contributed by atoms with Crippen LogP contribution in [0.3, 0.4) is 0 Å². The van der Waals surface area contributed by atoms with E-state index in [4.69, 9.17) is 0 Å². The Bertz CT molecular complexity index is 453. The van der Waals surface area contributed by atoms with E-state index in [0.717, 1.165) is 37.6 Å². The topological polar surface area (TPSA) is 90.3 Å². The van der Waals surface area contributed by atoms with Gasteiger partial charge in [-0.15, -0.1) is 4.91 Å². The predicted molar refractivity (Wildman–Crippen MR) is 100 cm³/mol. The molecule has 0 spiro atoms. The van der Waals surface area contributed by atoms with Gasteiger partial charge in [0, 0.05) is 29.5 Å². The normalized spacial score (nSPS) is 18.5. The molecule has 25 heavy (non-hydrogen) atoms. The van der Waals surface area contributed by atoms with Crippen LogP contribution in [0.5, 0.6) is 0 Å². The molecule has 1 saturated heterocycles. The molecule has 144 valence electrons. The molecule has 1 aliphatic rings. The van der Waals surface area contributed by atoms with E-state index in [1.54, 1.807) is 6.92 Å². The summed E-state index contributed by atoms with van der Waals surface area (Å²) in [5.74, 6) is -1.19. The maximum atomic E-state index is 12.7. The lowest BCUT2D eigenvalue weighted by Crippen LogP contribution is -2.60. The van der Waals surface area contributed by atoms with Crippen molar-refractivity contribution in [1.29, 1.82) is 0 Å². The fourth-order valence-corrected chi connectivity index (χ4v) is 4.32. The maximum Gasteiger partial charge on any atom is 0.327 e. The van der Waals surface area contributed by atoms with Crippen LogP contribution in [0.2, 0.25) is 0 Å². The molecule has 0 aliphatic carbocycles. The van der Waals surface area contributed by atoms with Gasteiger partial charge in [0.25, 0.3) is 0 Å². The van der Waals surface area contributed by atoms with Crippen molar-refractivity contribution in [2.45, 2.75) is 69.6 Å². The number of nitroso groups, excluding NO2 is 1. The molecule has 1 fully saturated rings. The molecule has 1 rings (SSSR count). The highest BCUT2D eigenvalue weighted by molar-refractivity contribution is 7.99. The molecule has 0 aromatic rings. The number of aliphatic carboxylic acids is 1. The second-order valence-electron chi connectivity index (χ2n) is 6.77. The van der Waals surface area contributed by atoms with E-state index in [1.165, 1.54) is 4.90 Å². The predicted octanol–water partition coefficient (Wildman–Crippen LogP) is 3.14. The van der Waals surface area contributed by atoms with Gasteiger partial charge in [-0.3, -0.25) is 4.79 Å². The molecule has 0 bridgehead atoms. The summed E-state index contributed by atoms with van der Waals surface area (Å²) >= 11 is 0.799. The van der Waals surface area contributed by atoms with Crippen LogP contribution in [0.1, 0.15) is 58.8 Å². The Morgan fingerprint density at radius 2 is 1.88 bits per heavy atom. The summed E-state index contributed by atoms with van der Waals surface area (Å²) in [5.41, 5.74) is 0. The second kappa shape index (κ2) is 10.8. The summed E-state index contributed by atoms with van der Waals surface area (Å²) < 4.78 is 2.12. The number of carboxylic acids is 1. The largest absolute Gasteiger partial charge is 0.480 e. The number of carboxylic acid groups (broad SMARTS) is 1. The number of piperidine rings is 1. The summed E-state index contributed by atoms with van der Waals surface area (Å²) in [7, 11) is 1.97. The number of hydrogen-bond donors (Lipinski definition) is 1. The molecule has 1 unspecified atom stereocenters. The van der Waals surface area contributed by atoms with Crippen molar-refractivity contribution < 1.29 is 14.7 Å². The minimum Gasteiger partial charge on any atom is -0.480 e. The molecular formula is C17H31N3O4S. The highest BCUT2D eigenvalue weighted by Crippen LogP contribution is 2.42. The number of carbonyl (C=O) groups excluding carboxylic acids is 1. The summed E-state index contributed by atoms with van der Waals surface area (Å²) in [4.78, 5) is 39.3. The number of hydrogen-bond acceptors (Lipinski definition) is 6. The Morgan fingerprint density at radius 3 is 2.36 bits per heavy atom. The van der Waals surface area contributed by atoms with Crippen molar-refractivity contribution in [2.24, 2.45) is 4.58 Å². The van der Waals surface area contributed by atoms with Crippen molar-refractivity contribution in [3.8, 4) is 0 Å². The van der Waals surface area contributed by atoms with Gasteiger partial charge in [0.05, 0.1) is 4.75 Å². The van der Waals surface area contributed by atoms with Crippen molar-refractivity contribution in [3.63, 3.8) is 0 Å². The Balaban J connectivity index is 2.97. The Kier molecular flexibility index (Phi) is 9.42. The zero-order chi connectivity index (χ0) is 18.9. The van der Waals surface area contributed by atoms with Crippen molar-refractivity contribution >= 4 is 23.8 Å². The van der Waals surface area contributed by atoms with Gasteiger partial charge in [0.2, 0.25) is 5.91 Å². The third-order valence-electron chi connectivity index (χ3n) is 5.00. The van der Waals surface area contributed by atoms with Gasteiger partial charge in [0.1, 0.15) is 6.04 Å². The number of likely N-dealkylation sites (tertiary alicyclic amines) is 1. The van der Waals surface area contributed by atoms with Gasteiger partial charge in [-0.2, -0.15) is 0 Å². The molecule has 1 aliphatic heterocycles. The molecule has 0 aromatic carbocycles. The van der Waals surface area contributed by atoms with Crippen LogP contribution < -0.4 is 0 Å². The van der Waals surface area contributed by atoms with Crippen LogP contribution in [-0.4, -0.2) is 64.3 Å². The second-order valence-corrected chi connectivity index (χ2v) is 7.91. The fraction of sp³-hybridized carbons (Fsp3) is 0.882. The Hall–Kier alpha value is -1.15. The van der Waals surface area contributed by atoms with Crippen LogP contribution in [-0.2, 0) is 9.59 Å². The van der Waals surface area contributed by atoms with Gasteiger partial charge in [0.15, 0.2) is 0 Å². The quantitative estimate of drug-likeness (QED) is 0.340. The highest BCUT2D eigenvalue weighted by atomic mass is 32.2. The summed E-state index contributed by atoms with van der Waals surface area (Å²) in [6, 6.07) is -1.02. The minimum absolute atomic E-state index is 0.143. The van der Waals surface area contributed by atoms with Gasteiger partial charge < -0.3 is 14.9 Å². The smallest absolute Gasteiger partial charge is 0.327 e.